The summed E-state index contributed by atoms with van der Waals surface area (Å²) in [5, 5.41) is 0.528. The Labute approximate surface area is 141 Å². The first-order valence-electron chi connectivity index (χ1n) is 6.34. The van der Waals surface area contributed by atoms with Crippen LogP contribution in [0, 0.1) is 5.82 Å². The highest BCUT2D eigenvalue weighted by molar-refractivity contribution is 8.27. The quantitative estimate of drug-likeness (QED) is 0.569. The predicted octanol–water partition coefficient (Wildman–Crippen LogP) is 4.88. The minimum atomic E-state index is -0.348. The fraction of sp³-hybridized carbons (Fsp3) is 0. The normalized spacial score (nSPS) is 16.6. The molecule has 0 N–H and O–H groups in total. The number of thiocarbonyl (C=S) groups is 1. The van der Waals surface area contributed by atoms with Gasteiger partial charge in [-0.05, 0) is 42.0 Å². The van der Waals surface area contributed by atoms with E-state index >= 15 is 0 Å². The summed E-state index contributed by atoms with van der Waals surface area (Å²) in [6.07, 6.45) is 1.63. The molecule has 1 amide bonds. The molecular formula is C16H9ClFNOS2. The van der Waals surface area contributed by atoms with E-state index in [0.717, 1.165) is 0 Å². The number of rotatable bonds is 2. The molecule has 0 radical (unpaired) electrons. The molecule has 2 aromatic rings. The Balaban J connectivity index is 1.95. The average Bonchev–Trinajstić information content (AvgIpc) is 2.73. The molecule has 1 fully saturated rings. The zero-order valence-corrected chi connectivity index (χ0v) is 13.5. The van der Waals surface area contributed by atoms with Crippen molar-refractivity contribution in [3.63, 3.8) is 0 Å². The molecule has 0 unspecified atom stereocenters. The zero-order chi connectivity index (χ0) is 15.7. The van der Waals surface area contributed by atoms with Crippen LogP contribution in [-0.4, -0.2) is 10.2 Å². The van der Waals surface area contributed by atoms with Gasteiger partial charge in [-0.2, -0.15) is 0 Å². The van der Waals surface area contributed by atoms with E-state index in [0.29, 0.717) is 25.5 Å². The molecule has 0 saturated carbocycles. The van der Waals surface area contributed by atoms with Crippen LogP contribution in [-0.2, 0) is 4.79 Å². The third kappa shape index (κ3) is 3.06. The topological polar surface area (TPSA) is 20.3 Å². The predicted molar refractivity (Wildman–Crippen MR) is 93.5 cm³/mol. The Morgan fingerprint density at radius 3 is 2.68 bits per heavy atom. The number of benzene rings is 2. The van der Waals surface area contributed by atoms with Gasteiger partial charge >= 0.3 is 0 Å². The molecule has 22 heavy (non-hydrogen) atoms. The van der Waals surface area contributed by atoms with Crippen molar-refractivity contribution in [3.8, 4) is 0 Å². The van der Waals surface area contributed by atoms with Crippen molar-refractivity contribution in [1.29, 1.82) is 0 Å². The van der Waals surface area contributed by atoms with Gasteiger partial charge in [0.25, 0.3) is 5.91 Å². The van der Waals surface area contributed by atoms with E-state index in [4.69, 9.17) is 23.8 Å². The smallest absolute Gasteiger partial charge is 0.268 e. The van der Waals surface area contributed by atoms with Crippen molar-refractivity contribution in [2.24, 2.45) is 0 Å². The lowest BCUT2D eigenvalue weighted by Gasteiger charge is -2.14. The van der Waals surface area contributed by atoms with E-state index in [1.165, 1.54) is 28.8 Å². The van der Waals surface area contributed by atoms with Crippen molar-refractivity contribution in [2.45, 2.75) is 0 Å². The Bertz CT molecular complexity index is 806. The highest BCUT2D eigenvalue weighted by Crippen LogP contribution is 2.36. The first kappa shape index (κ1) is 15.2. The van der Waals surface area contributed by atoms with Crippen LogP contribution < -0.4 is 4.90 Å². The molecule has 6 heteroatoms. The maximum atomic E-state index is 13.2. The third-order valence-corrected chi connectivity index (χ3v) is 4.54. The van der Waals surface area contributed by atoms with Gasteiger partial charge in [0.15, 0.2) is 4.32 Å². The Kier molecular flexibility index (Phi) is 4.29. The molecule has 1 heterocycles. The highest BCUT2D eigenvalue weighted by atomic mass is 35.5. The van der Waals surface area contributed by atoms with Crippen LogP contribution >= 0.6 is 35.6 Å². The molecule has 2 aromatic carbocycles. The summed E-state index contributed by atoms with van der Waals surface area (Å²) < 4.78 is 13.7. The number of halogens is 2. The maximum Gasteiger partial charge on any atom is 0.270 e. The largest absolute Gasteiger partial charge is 0.270 e. The number of anilines is 1. The van der Waals surface area contributed by atoms with E-state index in [9.17, 15) is 9.18 Å². The molecule has 2 nitrogen and oxygen atoms in total. The lowest BCUT2D eigenvalue weighted by atomic mass is 10.2. The summed E-state index contributed by atoms with van der Waals surface area (Å²) in [5.41, 5.74) is 1.24. The fourth-order valence-corrected chi connectivity index (χ4v) is 3.54. The molecule has 0 spiro atoms. The first-order valence-corrected chi connectivity index (χ1v) is 7.94. The lowest BCUT2D eigenvalue weighted by molar-refractivity contribution is -0.113. The van der Waals surface area contributed by atoms with Gasteiger partial charge < -0.3 is 0 Å². The molecule has 110 valence electrons. The molecular weight excluding hydrogens is 341 g/mol. The van der Waals surface area contributed by atoms with Gasteiger partial charge in [0.2, 0.25) is 0 Å². The molecule has 3 rings (SSSR count). The summed E-state index contributed by atoms with van der Waals surface area (Å²) in [7, 11) is 0. The van der Waals surface area contributed by atoms with Crippen molar-refractivity contribution in [1.82, 2.24) is 0 Å². The number of carbonyl (C=O) groups is 1. The van der Waals surface area contributed by atoms with Crippen LogP contribution in [0.15, 0.2) is 53.4 Å². The van der Waals surface area contributed by atoms with Crippen molar-refractivity contribution >= 4 is 57.6 Å². The number of thioether (sulfide) groups is 1. The van der Waals surface area contributed by atoms with E-state index in [1.807, 2.05) is 0 Å². The van der Waals surface area contributed by atoms with Crippen LogP contribution in [0.1, 0.15) is 5.56 Å². The number of nitrogens with zero attached hydrogens (tertiary/aromatic N) is 1. The molecule has 1 saturated heterocycles. The summed E-state index contributed by atoms with van der Waals surface area (Å²) in [5.74, 6) is -0.583. The SMILES string of the molecule is O=C1/C(=C/c2cccc(F)c2)SC(=S)N1c1cccc(Cl)c1. The second kappa shape index (κ2) is 6.20. The van der Waals surface area contributed by atoms with E-state index in [2.05, 4.69) is 0 Å². The van der Waals surface area contributed by atoms with Gasteiger partial charge in [0.05, 0.1) is 10.6 Å². The van der Waals surface area contributed by atoms with Gasteiger partial charge in [-0.1, -0.05) is 53.8 Å². The van der Waals surface area contributed by atoms with Gasteiger partial charge in [0.1, 0.15) is 5.82 Å². The molecule has 0 atom stereocenters. The number of carbonyl (C=O) groups excluding carboxylic acids is 1. The highest BCUT2D eigenvalue weighted by Gasteiger charge is 2.33. The second-order valence-corrected chi connectivity index (χ2v) is 6.66. The van der Waals surface area contributed by atoms with Crippen LogP contribution in [0.3, 0.4) is 0 Å². The van der Waals surface area contributed by atoms with Gasteiger partial charge in [-0.3, -0.25) is 9.69 Å². The third-order valence-electron chi connectivity index (χ3n) is 3.01. The van der Waals surface area contributed by atoms with Crippen molar-refractivity contribution in [2.75, 3.05) is 4.90 Å². The number of amides is 1. The van der Waals surface area contributed by atoms with Crippen molar-refractivity contribution < 1.29 is 9.18 Å². The summed E-state index contributed by atoms with van der Waals surface area (Å²) in [6, 6.07) is 13.0. The van der Waals surface area contributed by atoms with Gasteiger partial charge in [-0.15, -0.1) is 0 Å². The molecule has 0 bridgehead atoms. The number of hydrogen-bond donors (Lipinski definition) is 0. The van der Waals surface area contributed by atoms with E-state index in [-0.39, 0.29) is 11.7 Å². The van der Waals surface area contributed by atoms with Crippen LogP contribution in [0.4, 0.5) is 10.1 Å². The van der Waals surface area contributed by atoms with Crippen LogP contribution in [0.5, 0.6) is 0 Å². The summed E-state index contributed by atoms with van der Waals surface area (Å²) >= 11 is 12.4. The molecule has 1 aliphatic heterocycles. The average molecular weight is 350 g/mol. The summed E-state index contributed by atoms with van der Waals surface area (Å²) in [4.78, 5) is 14.4. The zero-order valence-electron chi connectivity index (χ0n) is 11.1. The Hall–Kier alpha value is -1.69. The second-order valence-electron chi connectivity index (χ2n) is 4.55. The monoisotopic (exact) mass is 349 g/mol. The number of hydrogen-bond acceptors (Lipinski definition) is 3. The van der Waals surface area contributed by atoms with Crippen molar-refractivity contribution in [3.05, 3.63) is 69.8 Å². The Morgan fingerprint density at radius 1 is 1.18 bits per heavy atom. The minimum absolute atomic E-state index is 0.235. The summed E-state index contributed by atoms with van der Waals surface area (Å²) in [6.45, 7) is 0. The standard InChI is InChI=1S/C16H9ClFNOS2/c17-11-4-2-6-13(9-11)19-15(20)14(22-16(19)21)8-10-3-1-5-12(18)7-10/h1-9H/b14-8-. The first-order chi connectivity index (χ1) is 10.5. The van der Waals surface area contributed by atoms with Crippen LogP contribution in [0.2, 0.25) is 5.02 Å². The van der Waals surface area contributed by atoms with Crippen LogP contribution in [0.25, 0.3) is 6.08 Å². The maximum absolute atomic E-state index is 13.2. The van der Waals surface area contributed by atoms with E-state index in [1.54, 1.807) is 42.5 Å². The molecule has 0 aliphatic carbocycles. The Morgan fingerprint density at radius 2 is 1.95 bits per heavy atom. The fourth-order valence-electron chi connectivity index (χ4n) is 2.05. The van der Waals surface area contributed by atoms with Gasteiger partial charge in [-0.25, -0.2) is 4.39 Å². The lowest BCUT2D eigenvalue weighted by Crippen LogP contribution is -2.27. The van der Waals surface area contributed by atoms with Gasteiger partial charge in [0, 0.05) is 5.02 Å². The molecule has 1 aliphatic rings. The minimum Gasteiger partial charge on any atom is -0.268 e. The molecule has 0 aromatic heterocycles. The van der Waals surface area contributed by atoms with E-state index < -0.39 is 0 Å².